The van der Waals surface area contributed by atoms with E-state index in [4.69, 9.17) is 5.21 Å². The second-order valence-corrected chi connectivity index (χ2v) is 2.26. The molecule has 1 rings (SSSR count). The number of H-pyrrole nitrogens is 1. The normalized spacial score (nSPS) is 12.4. The highest BCUT2D eigenvalue weighted by atomic mass is 32.1. The molecule has 0 spiro atoms. The van der Waals surface area contributed by atoms with Crippen molar-refractivity contribution >= 4 is 11.5 Å². The zero-order valence-corrected chi connectivity index (χ0v) is 5.07. The first-order valence-corrected chi connectivity index (χ1v) is 2.85. The van der Waals surface area contributed by atoms with Crippen molar-refractivity contribution in [3.05, 3.63) is 10.6 Å². The average Bonchev–Trinajstić information content (AvgIpc) is 2.14. The van der Waals surface area contributed by atoms with E-state index in [0.29, 0.717) is 0 Å². The average molecular weight is 131 g/mol. The van der Waals surface area contributed by atoms with Gasteiger partial charge in [-0.25, -0.2) is 4.98 Å². The van der Waals surface area contributed by atoms with Gasteiger partial charge in [0.2, 0.25) is 0 Å². The standard InChI is InChI=1S/C3H5N3OS/c1-2-4-3(5-7)6-8-2/h7H,1H3,(H,5,6). The van der Waals surface area contributed by atoms with Crippen LogP contribution in [0.25, 0.3) is 0 Å². The van der Waals surface area contributed by atoms with Gasteiger partial charge in [-0.3, -0.25) is 4.37 Å². The molecule has 1 aromatic rings. The number of nitrogens with one attached hydrogen (secondary N) is 1. The third kappa shape index (κ3) is 0.865. The zero-order chi connectivity index (χ0) is 5.98. The molecule has 0 bridgehead atoms. The fourth-order valence-corrected chi connectivity index (χ4v) is 0.815. The molecule has 0 saturated carbocycles. The minimum absolute atomic E-state index is 0.271. The highest BCUT2D eigenvalue weighted by Gasteiger charge is 1.85. The van der Waals surface area contributed by atoms with Crippen molar-refractivity contribution < 1.29 is 5.21 Å². The van der Waals surface area contributed by atoms with Crippen molar-refractivity contribution in [2.75, 3.05) is 0 Å². The van der Waals surface area contributed by atoms with E-state index < -0.39 is 0 Å². The summed E-state index contributed by atoms with van der Waals surface area (Å²) < 4.78 is 2.67. The molecular formula is C3H5N3OS. The Labute approximate surface area is 49.7 Å². The predicted molar refractivity (Wildman–Crippen MR) is 28.6 cm³/mol. The summed E-state index contributed by atoms with van der Waals surface area (Å²) in [5, 5.41) is 11.8. The summed E-state index contributed by atoms with van der Waals surface area (Å²) in [5.41, 5.74) is 0.271. The molecule has 44 valence electrons. The van der Waals surface area contributed by atoms with Crippen LogP contribution in [0.2, 0.25) is 0 Å². The Bertz CT molecular complexity index is 224. The van der Waals surface area contributed by atoms with E-state index >= 15 is 0 Å². The lowest BCUT2D eigenvalue weighted by Crippen LogP contribution is -2.03. The lowest BCUT2D eigenvalue weighted by molar-refractivity contribution is 0.296. The molecule has 0 radical (unpaired) electrons. The fraction of sp³-hybridized carbons (Fsp3) is 0.333. The van der Waals surface area contributed by atoms with Gasteiger partial charge >= 0.3 is 0 Å². The predicted octanol–water partition coefficient (Wildman–Crippen LogP) is 0.0695. The minimum atomic E-state index is 0.271. The van der Waals surface area contributed by atoms with Crippen LogP contribution in [0.4, 0.5) is 0 Å². The van der Waals surface area contributed by atoms with Gasteiger partial charge < -0.3 is 5.21 Å². The Morgan fingerprint density at radius 1 is 1.88 bits per heavy atom. The molecule has 0 atom stereocenters. The van der Waals surface area contributed by atoms with Crippen molar-refractivity contribution in [1.82, 2.24) is 9.36 Å². The van der Waals surface area contributed by atoms with E-state index in [1.54, 1.807) is 0 Å². The number of aryl methyl sites for hydroxylation is 1. The number of nitrogens with zero attached hydrogens (tertiary/aromatic N) is 2. The topological polar surface area (TPSA) is 61.3 Å². The lowest BCUT2D eigenvalue weighted by atomic mass is 10.8. The SMILES string of the molecule is Cc1n/c(=N/O)[nH]s1. The van der Waals surface area contributed by atoms with E-state index in [2.05, 4.69) is 14.5 Å². The molecule has 1 aromatic heterocycles. The van der Waals surface area contributed by atoms with Crippen molar-refractivity contribution in [1.29, 1.82) is 0 Å². The molecule has 0 aliphatic rings. The Kier molecular flexibility index (Phi) is 1.29. The first-order valence-electron chi connectivity index (χ1n) is 2.03. The van der Waals surface area contributed by atoms with Gasteiger partial charge in [-0.1, -0.05) is 0 Å². The largest absolute Gasteiger partial charge is 0.408 e. The van der Waals surface area contributed by atoms with Crippen LogP contribution in [0, 0.1) is 6.92 Å². The first kappa shape index (κ1) is 5.30. The van der Waals surface area contributed by atoms with E-state index in [0.717, 1.165) is 5.01 Å². The van der Waals surface area contributed by atoms with Gasteiger partial charge in [0.15, 0.2) is 0 Å². The molecule has 0 aliphatic heterocycles. The highest BCUT2D eigenvalue weighted by molar-refractivity contribution is 7.05. The molecule has 0 aliphatic carbocycles. The van der Waals surface area contributed by atoms with Crippen LogP contribution in [-0.4, -0.2) is 14.6 Å². The molecule has 0 aromatic carbocycles. The van der Waals surface area contributed by atoms with Crippen LogP contribution in [0.5, 0.6) is 0 Å². The second kappa shape index (κ2) is 1.95. The van der Waals surface area contributed by atoms with Crippen LogP contribution >= 0.6 is 11.5 Å². The second-order valence-electron chi connectivity index (χ2n) is 1.26. The quantitative estimate of drug-likeness (QED) is 0.386. The van der Waals surface area contributed by atoms with E-state index in [1.165, 1.54) is 11.5 Å². The van der Waals surface area contributed by atoms with Crippen LogP contribution < -0.4 is 5.62 Å². The lowest BCUT2D eigenvalue weighted by Gasteiger charge is -1.65. The number of rotatable bonds is 0. The van der Waals surface area contributed by atoms with E-state index in [1.807, 2.05) is 6.92 Å². The molecule has 4 nitrogen and oxygen atoms in total. The van der Waals surface area contributed by atoms with Crippen LogP contribution in [-0.2, 0) is 0 Å². The van der Waals surface area contributed by atoms with Gasteiger partial charge in [0, 0.05) is 0 Å². The number of aromatic amines is 1. The van der Waals surface area contributed by atoms with Crippen molar-refractivity contribution in [2.45, 2.75) is 6.92 Å². The molecule has 0 unspecified atom stereocenters. The van der Waals surface area contributed by atoms with E-state index in [-0.39, 0.29) is 5.62 Å². The van der Waals surface area contributed by atoms with Crippen molar-refractivity contribution in [3.8, 4) is 0 Å². The van der Waals surface area contributed by atoms with Gasteiger partial charge in [-0.15, -0.1) is 0 Å². The van der Waals surface area contributed by atoms with Crippen LogP contribution in [0.15, 0.2) is 5.16 Å². The van der Waals surface area contributed by atoms with Gasteiger partial charge in [0.05, 0.1) is 0 Å². The van der Waals surface area contributed by atoms with Gasteiger partial charge in [0.25, 0.3) is 5.62 Å². The molecule has 8 heavy (non-hydrogen) atoms. The van der Waals surface area contributed by atoms with Gasteiger partial charge in [-0.2, -0.15) is 0 Å². The molecule has 2 N–H and O–H groups in total. The summed E-state index contributed by atoms with van der Waals surface area (Å²) in [7, 11) is 0. The van der Waals surface area contributed by atoms with Crippen LogP contribution in [0.1, 0.15) is 5.01 Å². The van der Waals surface area contributed by atoms with Gasteiger partial charge in [-0.05, 0) is 23.6 Å². The summed E-state index contributed by atoms with van der Waals surface area (Å²) in [6.45, 7) is 1.83. The molecule has 1 heterocycles. The number of hydrogen-bond acceptors (Lipinski definition) is 4. The maximum Gasteiger partial charge on any atom is 0.273 e. The first-order chi connectivity index (χ1) is 3.83. The molecule has 0 amide bonds. The smallest absolute Gasteiger partial charge is 0.273 e. The van der Waals surface area contributed by atoms with Crippen LogP contribution in [0.3, 0.4) is 0 Å². The Balaban J connectivity index is 3.20. The number of aromatic nitrogens is 2. The molecule has 0 fully saturated rings. The van der Waals surface area contributed by atoms with Crippen molar-refractivity contribution in [2.24, 2.45) is 5.16 Å². The molecule has 5 heteroatoms. The number of hydrogen-bond donors (Lipinski definition) is 2. The maximum absolute atomic E-state index is 8.09. The Morgan fingerprint density at radius 2 is 2.62 bits per heavy atom. The summed E-state index contributed by atoms with van der Waals surface area (Å²) in [6.07, 6.45) is 0. The Hall–Kier alpha value is -0.840. The molecule has 0 saturated heterocycles. The summed E-state index contributed by atoms with van der Waals surface area (Å²) in [6, 6.07) is 0. The zero-order valence-electron chi connectivity index (χ0n) is 4.25. The highest BCUT2D eigenvalue weighted by Crippen LogP contribution is 1.89. The van der Waals surface area contributed by atoms with Gasteiger partial charge in [0.1, 0.15) is 5.01 Å². The molecular weight excluding hydrogens is 126 g/mol. The minimum Gasteiger partial charge on any atom is -0.408 e. The fourth-order valence-electron chi connectivity index (χ4n) is 0.357. The van der Waals surface area contributed by atoms with Crippen molar-refractivity contribution in [3.63, 3.8) is 0 Å². The summed E-state index contributed by atoms with van der Waals surface area (Å²) in [4.78, 5) is 3.78. The van der Waals surface area contributed by atoms with E-state index in [9.17, 15) is 0 Å². The monoisotopic (exact) mass is 131 g/mol. The summed E-state index contributed by atoms with van der Waals surface area (Å²) in [5.74, 6) is 0. The summed E-state index contributed by atoms with van der Waals surface area (Å²) >= 11 is 1.34. The Morgan fingerprint density at radius 3 is 2.88 bits per heavy atom. The third-order valence-electron chi connectivity index (χ3n) is 0.648. The maximum atomic E-state index is 8.09. The third-order valence-corrected chi connectivity index (χ3v) is 1.32.